The van der Waals surface area contributed by atoms with Gasteiger partial charge in [0.15, 0.2) is 5.78 Å². The molecule has 0 unspecified atom stereocenters. The molecule has 4 amide bonds. The van der Waals surface area contributed by atoms with Crippen molar-refractivity contribution in [2.45, 2.75) is 143 Å². The predicted molar refractivity (Wildman–Crippen MR) is 337 cm³/mol. The van der Waals surface area contributed by atoms with Crippen LogP contribution in [0.3, 0.4) is 0 Å². The Balaban J connectivity index is 0.000000492. The molecule has 0 heterocycles. The van der Waals surface area contributed by atoms with Gasteiger partial charge in [-0.1, -0.05) is 144 Å². The molecule has 3 N–H and O–H groups in total. The Morgan fingerprint density at radius 3 is 1.14 bits per heavy atom. The number of carbonyl (C=O) groups is 6. The second kappa shape index (κ2) is 36.4. The van der Waals surface area contributed by atoms with E-state index < -0.39 is 48.1 Å². The Morgan fingerprint density at radius 1 is 0.532 bits per heavy atom. The summed E-state index contributed by atoms with van der Waals surface area (Å²) in [5.74, 6) is -1.16. The summed E-state index contributed by atoms with van der Waals surface area (Å²) in [4.78, 5) is 75.2. The number of benzene rings is 4. The van der Waals surface area contributed by atoms with Crippen LogP contribution in [-0.2, 0) is 33.5 Å². The van der Waals surface area contributed by atoms with Crippen LogP contribution >= 0.6 is 59.9 Å². The molecule has 2 aliphatic rings. The molecule has 0 saturated carbocycles. The van der Waals surface area contributed by atoms with E-state index >= 15 is 0 Å². The van der Waals surface area contributed by atoms with Crippen LogP contribution in [0.15, 0.2) is 97.1 Å². The molecule has 0 fully saturated rings. The average Bonchev–Trinajstić information content (AvgIpc) is 3.95. The number of aliphatic carboxylic acids is 1. The van der Waals surface area contributed by atoms with Crippen LogP contribution in [0, 0.1) is 0 Å². The van der Waals surface area contributed by atoms with Gasteiger partial charge in [0.05, 0.1) is 6.54 Å². The standard InChI is InChI=1S/C30H40N2O5.C28H36N2O6.C2H6.3HI.V.H2/c1-5-22(33)20-32(19-13-7-6-12-18-31-28(34)37-30(2,3)4)29(35)36-21-27-25-16-10-8-14-23(25)24-15-9-11-17-26(24)27;1-28(2,3)36-26(33)29-16-10-4-5-11-17-30(18-25(31)32)27(34)35-19-24-22-14-8-6-12-20(22)21-13-7-9-15-23(21)24;1-2;;;;;/h8-11,14-17,27H,5-7,12-13,18-21H2,1-4H3,(H,31,34);6-9,12-15,24H,4-5,10-11,16-19H2,1-3H3,(H,29,33)(H,31,32);1-2H3;3*1H;;1H/q;;;;;;+3;/p-3. The van der Waals surface area contributed by atoms with Crippen LogP contribution in [0.4, 0.5) is 19.2 Å². The number of halogens is 3. The summed E-state index contributed by atoms with van der Waals surface area (Å²) >= 11 is 7.39. The van der Waals surface area contributed by atoms with E-state index in [1.807, 2.05) is 116 Å². The zero-order chi connectivity index (χ0) is 58.5. The molecule has 2 aliphatic carbocycles. The molecule has 0 aromatic heterocycles. The van der Waals surface area contributed by atoms with Gasteiger partial charge in [-0.15, -0.1) is 0 Å². The maximum atomic E-state index is 13.0. The molecule has 0 aliphatic heterocycles. The third-order valence-electron chi connectivity index (χ3n) is 12.3. The Bertz CT molecular complexity index is 2470. The number of alkyl carbamates (subject to hydrolysis) is 2. The van der Waals surface area contributed by atoms with Crippen molar-refractivity contribution in [3.63, 3.8) is 0 Å². The van der Waals surface area contributed by atoms with Crippen LogP contribution in [-0.4, -0.2) is 115 Å². The minimum absolute atomic E-state index is 0. The zero-order valence-electron chi connectivity index (χ0n) is 47.4. The van der Waals surface area contributed by atoms with E-state index in [0.29, 0.717) is 39.0 Å². The monoisotopic (exact) mass is 1470 g/mol. The molecule has 0 saturated heterocycles. The summed E-state index contributed by atoms with van der Waals surface area (Å²) in [7, 11) is 0. The quantitative estimate of drug-likeness (QED) is 0.0364. The molecule has 79 heavy (non-hydrogen) atoms. The van der Waals surface area contributed by atoms with Gasteiger partial charge in [0, 0.05) is 45.9 Å². The van der Waals surface area contributed by atoms with E-state index in [2.05, 4.69) is 107 Å². The number of ketones is 1. The summed E-state index contributed by atoms with van der Waals surface area (Å²) in [6.07, 6.45) is 4.85. The molecule has 19 heteroatoms. The Hall–Kier alpha value is -4.13. The Labute approximate surface area is 508 Å². The van der Waals surface area contributed by atoms with Crippen molar-refractivity contribution in [3.8, 4) is 22.3 Å². The van der Waals surface area contributed by atoms with Crippen molar-refractivity contribution >= 4 is 96.1 Å². The first kappa shape index (κ1) is 69.1. The number of Topliss-reactive ketones (excluding diaryl/α,β-unsaturated/α-hetero) is 1. The minimum atomic E-state index is -1.08. The van der Waals surface area contributed by atoms with Crippen LogP contribution in [0.1, 0.15) is 156 Å². The Morgan fingerprint density at radius 2 is 0.835 bits per heavy atom. The van der Waals surface area contributed by atoms with Crippen LogP contribution in [0.5, 0.6) is 0 Å². The number of nitrogens with one attached hydrogen (secondary N) is 2. The van der Waals surface area contributed by atoms with Crippen LogP contribution in [0.2, 0.25) is 0 Å². The van der Waals surface area contributed by atoms with Gasteiger partial charge < -0.3 is 39.6 Å². The molecule has 436 valence electrons. The molecular formula is C60H84I3N4O11V. The molecule has 0 radical (unpaired) electrons. The number of unbranched alkanes of at least 4 members (excludes halogenated alkanes) is 6. The number of carboxylic acid groups (broad SMARTS) is 1. The fourth-order valence-electron chi connectivity index (χ4n) is 8.90. The Kier molecular flexibility index (Phi) is 31.8. The molecule has 0 bridgehead atoms. The third-order valence-corrected chi connectivity index (χ3v) is 12.3. The SMILES string of the molecule is CC.CC(C)(C)OC(=O)NCCCCCCN(CC(=O)O)C(=O)OCC1c2ccccc2-c2ccccc21.CCC(=O)CN(CCCCCCNC(=O)OC(C)(C)C)C(=O)OCC1c2ccccc2-c2ccccc21.[HH].[I][V]([I])[I]. The number of carboxylic acids is 1. The van der Waals surface area contributed by atoms with E-state index in [0.717, 1.165) is 78.3 Å². The fraction of sp³-hybridized carbons (Fsp3) is 0.500. The number of ether oxygens (including phenoxy) is 4. The first-order valence-corrected chi connectivity index (χ1v) is 40.7. The van der Waals surface area contributed by atoms with Crippen molar-refractivity contribution in [2.24, 2.45) is 0 Å². The van der Waals surface area contributed by atoms with Gasteiger partial charge >= 0.3 is 95.2 Å². The van der Waals surface area contributed by atoms with E-state index in [-0.39, 0.29) is 43.7 Å². The van der Waals surface area contributed by atoms with E-state index in [1.165, 1.54) is 20.9 Å². The summed E-state index contributed by atoms with van der Waals surface area (Å²) in [5.41, 5.74) is 8.12. The second-order valence-electron chi connectivity index (χ2n) is 20.6. The average molecular weight is 1470 g/mol. The second-order valence-corrected chi connectivity index (χ2v) is 56.0. The van der Waals surface area contributed by atoms with Gasteiger partial charge in [-0.05, 0) is 112 Å². The van der Waals surface area contributed by atoms with Crippen molar-refractivity contribution in [1.29, 1.82) is 0 Å². The summed E-state index contributed by atoms with van der Waals surface area (Å²) in [6, 6.07) is 32.6. The number of fused-ring (bicyclic) bond motifs is 6. The van der Waals surface area contributed by atoms with Gasteiger partial charge in [-0.25, -0.2) is 19.2 Å². The van der Waals surface area contributed by atoms with E-state index in [4.69, 9.17) is 18.9 Å². The van der Waals surface area contributed by atoms with Crippen LogP contribution in [0.25, 0.3) is 22.3 Å². The van der Waals surface area contributed by atoms with Crippen LogP contribution < -0.4 is 10.6 Å². The number of hydrogen-bond acceptors (Lipinski definition) is 10. The topological polar surface area (TPSA) is 190 Å². The molecule has 4 aromatic rings. The van der Waals surface area contributed by atoms with Crippen molar-refractivity contribution in [2.75, 3.05) is 52.5 Å². The molecule has 4 aromatic carbocycles. The molecule has 0 atom stereocenters. The number of amides is 4. The number of carbonyl (C=O) groups excluding carboxylic acids is 5. The number of hydrogen-bond donors (Lipinski definition) is 3. The van der Waals surface area contributed by atoms with Gasteiger partial charge in [0.1, 0.15) is 31.0 Å². The van der Waals surface area contributed by atoms with E-state index in [9.17, 15) is 33.9 Å². The first-order valence-electron chi connectivity index (χ1n) is 27.2. The zero-order valence-corrected chi connectivity index (χ0v) is 55.3. The molecule has 15 nitrogen and oxygen atoms in total. The predicted octanol–water partition coefficient (Wildman–Crippen LogP) is 15.6. The van der Waals surface area contributed by atoms with E-state index in [1.54, 1.807) is 6.92 Å². The fourth-order valence-corrected chi connectivity index (χ4v) is 8.90. The summed E-state index contributed by atoms with van der Waals surface area (Å²) in [5, 5.41) is 14.8. The summed E-state index contributed by atoms with van der Waals surface area (Å²) < 4.78 is 21.8. The van der Waals surface area contributed by atoms with Gasteiger partial charge in [0.25, 0.3) is 0 Å². The van der Waals surface area contributed by atoms with Gasteiger partial charge in [-0.2, -0.15) is 0 Å². The van der Waals surface area contributed by atoms with Gasteiger partial charge in [-0.3, -0.25) is 14.5 Å². The van der Waals surface area contributed by atoms with Crippen molar-refractivity contribution in [1.82, 2.24) is 20.4 Å². The van der Waals surface area contributed by atoms with Crippen molar-refractivity contribution in [3.05, 3.63) is 119 Å². The summed E-state index contributed by atoms with van der Waals surface area (Å²) in [6.45, 7) is 18.6. The molecule has 0 spiro atoms. The maximum absolute atomic E-state index is 13.0. The van der Waals surface area contributed by atoms with Crippen molar-refractivity contribution < 1.29 is 59.2 Å². The third kappa shape index (κ3) is 25.7. The number of rotatable bonds is 23. The first-order chi connectivity index (χ1) is 37.6. The van der Waals surface area contributed by atoms with Gasteiger partial charge in [0.2, 0.25) is 0 Å². The number of nitrogens with zero attached hydrogens (tertiary/aromatic N) is 2. The molecular weight excluding hydrogens is 1380 g/mol. The normalized spacial score (nSPS) is 12.0. The molecule has 6 rings (SSSR count).